The van der Waals surface area contributed by atoms with E-state index in [0.717, 1.165) is 30.3 Å². The molecule has 1 fully saturated rings. The van der Waals surface area contributed by atoms with Crippen molar-refractivity contribution in [3.63, 3.8) is 0 Å². The van der Waals surface area contributed by atoms with Gasteiger partial charge in [0.2, 0.25) is 16.0 Å². The highest BCUT2D eigenvalue weighted by atomic mass is 32.2. The van der Waals surface area contributed by atoms with Crippen molar-refractivity contribution in [3.05, 3.63) is 48.5 Å². The standard InChI is InChI=1S/C23H31N7O3S/c1-17-25-15-21(29(17)4)20-9-10-24-22(27-20)26-18-5-7-19(8-6-18)34(31,32)28-23(2,3)16-30-11-13-33-14-12-30/h5-10,15,28H,11-14,16H2,1-4H3,(H,24,26,27). The number of hydrogen-bond donors (Lipinski definition) is 2. The molecule has 0 aliphatic carbocycles. The minimum absolute atomic E-state index is 0.202. The lowest BCUT2D eigenvalue weighted by molar-refractivity contribution is 0.0290. The van der Waals surface area contributed by atoms with Crippen molar-refractivity contribution < 1.29 is 13.2 Å². The summed E-state index contributed by atoms with van der Waals surface area (Å²) in [6, 6.07) is 8.37. The van der Waals surface area contributed by atoms with Crippen LogP contribution in [-0.2, 0) is 21.8 Å². The van der Waals surface area contributed by atoms with Gasteiger partial charge in [0.05, 0.1) is 35.7 Å². The van der Waals surface area contributed by atoms with Crippen LogP contribution >= 0.6 is 0 Å². The van der Waals surface area contributed by atoms with E-state index >= 15 is 0 Å². The van der Waals surface area contributed by atoms with E-state index in [0.29, 0.717) is 31.4 Å². The molecular weight excluding hydrogens is 454 g/mol. The second kappa shape index (κ2) is 9.79. The van der Waals surface area contributed by atoms with Gasteiger partial charge in [-0.05, 0) is 51.1 Å². The molecule has 1 saturated heterocycles. The molecule has 0 atom stereocenters. The van der Waals surface area contributed by atoms with Crippen LogP contribution in [0.3, 0.4) is 0 Å². The highest BCUT2D eigenvalue weighted by Crippen LogP contribution is 2.22. The maximum atomic E-state index is 13.0. The predicted octanol–water partition coefficient (Wildman–Crippen LogP) is 2.32. The normalized spacial score (nSPS) is 15.4. The third-order valence-corrected chi connectivity index (χ3v) is 7.41. The van der Waals surface area contributed by atoms with Gasteiger partial charge in [0.25, 0.3) is 0 Å². The van der Waals surface area contributed by atoms with Crippen LogP contribution in [0.25, 0.3) is 11.4 Å². The molecule has 182 valence electrons. The molecule has 0 unspecified atom stereocenters. The number of imidazole rings is 1. The smallest absolute Gasteiger partial charge is 0.241 e. The topological polar surface area (TPSA) is 114 Å². The van der Waals surface area contributed by atoms with E-state index in [2.05, 4.69) is 29.9 Å². The Hall–Kier alpha value is -2.86. The van der Waals surface area contributed by atoms with Gasteiger partial charge in [0.15, 0.2) is 0 Å². The zero-order chi connectivity index (χ0) is 24.3. The van der Waals surface area contributed by atoms with E-state index in [1.807, 2.05) is 38.5 Å². The van der Waals surface area contributed by atoms with Crippen molar-refractivity contribution in [2.24, 2.45) is 7.05 Å². The van der Waals surface area contributed by atoms with Crippen LogP contribution in [0.5, 0.6) is 0 Å². The molecular formula is C23H31N7O3S. The summed E-state index contributed by atoms with van der Waals surface area (Å²) in [4.78, 5) is 15.6. The molecule has 34 heavy (non-hydrogen) atoms. The van der Waals surface area contributed by atoms with Gasteiger partial charge >= 0.3 is 0 Å². The molecule has 10 nitrogen and oxygen atoms in total. The number of aryl methyl sites for hydroxylation is 1. The first-order chi connectivity index (χ1) is 16.1. The van der Waals surface area contributed by atoms with Crippen molar-refractivity contribution in [1.29, 1.82) is 0 Å². The zero-order valence-electron chi connectivity index (χ0n) is 19.9. The Morgan fingerprint density at radius 3 is 2.44 bits per heavy atom. The predicted molar refractivity (Wildman–Crippen MR) is 130 cm³/mol. The summed E-state index contributed by atoms with van der Waals surface area (Å²) in [7, 11) is -1.75. The summed E-state index contributed by atoms with van der Waals surface area (Å²) >= 11 is 0. The average molecular weight is 486 g/mol. The van der Waals surface area contributed by atoms with E-state index in [1.54, 1.807) is 36.7 Å². The Balaban J connectivity index is 1.43. The fourth-order valence-corrected chi connectivity index (χ4v) is 5.33. The molecule has 0 saturated carbocycles. The SMILES string of the molecule is Cc1ncc(-c2ccnc(Nc3ccc(S(=O)(=O)NC(C)(C)CN4CCOCC4)cc3)n2)n1C. The molecule has 2 N–H and O–H groups in total. The van der Waals surface area contributed by atoms with Crippen molar-refractivity contribution in [2.75, 3.05) is 38.2 Å². The van der Waals surface area contributed by atoms with Gasteiger partial charge in [-0.15, -0.1) is 0 Å². The lowest BCUT2D eigenvalue weighted by Crippen LogP contribution is -2.53. The van der Waals surface area contributed by atoms with Crippen LogP contribution in [0.15, 0.2) is 47.6 Å². The van der Waals surface area contributed by atoms with Gasteiger partial charge in [-0.25, -0.2) is 28.1 Å². The van der Waals surface area contributed by atoms with Crippen LogP contribution in [0, 0.1) is 6.92 Å². The molecule has 1 aromatic carbocycles. The number of aromatic nitrogens is 4. The molecule has 0 spiro atoms. The van der Waals surface area contributed by atoms with E-state index in [9.17, 15) is 8.42 Å². The largest absolute Gasteiger partial charge is 0.379 e. The van der Waals surface area contributed by atoms with Crippen LogP contribution in [-0.4, -0.2) is 71.2 Å². The van der Waals surface area contributed by atoms with Crippen LogP contribution in [0.2, 0.25) is 0 Å². The minimum Gasteiger partial charge on any atom is -0.379 e. The van der Waals surface area contributed by atoms with Gasteiger partial charge in [0.1, 0.15) is 5.82 Å². The van der Waals surface area contributed by atoms with Crippen molar-refractivity contribution in [3.8, 4) is 11.4 Å². The highest BCUT2D eigenvalue weighted by molar-refractivity contribution is 7.89. The number of rotatable bonds is 8. The lowest BCUT2D eigenvalue weighted by Gasteiger charge is -2.35. The number of nitrogens with one attached hydrogen (secondary N) is 2. The number of morpholine rings is 1. The fourth-order valence-electron chi connectivity index (χ4n) is 3.92. The first-order valence-corrected chi connectivity index (χ1v) is 12.6. The molecule has 0 amide bonds. The Morgan fingerprint density at radius 1 is 1.09 bits per heavy atom. The van der Waals surface area contributed by atoms with Crippen LogP contribution < -0.4 is 10.0 Å². The molecule has 3 heterocycles. The van der Waals surface area contributed by atoms with E-state index in [4.69, 9.17) is 4.74 Å². The zero-order valence-corrected chi connectivity index (χ0v) is 20.8. The summed E-state index contributed by atoms with van der Waals surface area (Å²) in [6.07, 6.45) is 3.45. The van der Waals surface area contributed by atoms with Gasteiger partial charge < -0.3 is 14.6 Å². The van der Waals surface area contributed by atoms with Crippen molar-refractivity contribution in [1.82, 2.24) is 29.1 Å². The number of nitrogens with zero attached hydrogens (tertiary/aromatic N) is 5. The second-order valence-electron chi connectivity index (χ2n) is 9.04. The van der Waals surface area contributed by atoms with E-state index < -0.39 is 15.6 Å². The molecule has 4 rings (SSSR count). The van der Waals surface area contributed by atoms with Gasteiger partial charge in [-0.1, -0.05) is 0 Å². The number of benzene rings is 1. The van der Waals surface area contributed by atoms with Crippen LogP contribution in [0.1, 0.15) is 19.7 Å². The summed E-state index contributed by atoms with van der Waals surface area (Å²) in [5.41, 5.74) is 1.69. The lowest BCUT2D eigenvalue weighted by atomic mass is 10.1. The quantitative estimate of drug-likeness (QED) is 0.500. The second-order valence-corrected chi connectivity index (χ2v) is 10.7. The summed E-state index contributed by atoms with van der Waals surface area (Å²) < 4.78 is 36.1. The molecule has 1 aliphatic heterocycles. The third kappa shape index (κ3) is 5.79. The average Bonchev–Trinajstić information content (AvgIpc) is 3.12. The first kappa shape index (κ1) is 24.3. The number of anilines is 2. The number of ether oxygens (including phenoxy) is 1. The molecule has 0 bridgehead atoms. The fraction of sp³-hybridized carbons (Fsp3) is 0.435. The number of sulfonamides is 1. The Labute approximate surface area is 200 Å². The molecule has 3 aromatic rings. The maximum absolute atomic E-state index is 13.0. The highest BCUT2D eigenvalue weighted by Gasteiger charge is 2.29. The first-order valence-electron chi connectivity index (χ1n) is 11.2. The maximum Gasteiger partial charge on any atom is 0.241 e. The van der Waals surface area contributed by atoms with E-state index in [1.165, 1.54) is 0 Å². The Kier molecular flexibility index (Phi) is 6.99. The Bertz CT molecular complexity index is 1230. The number of hydrogen-bond acceptors (Lipinski definition) is 8. The van der Waals surface area contributed by atoms with E-state index in [-0.39, 0.29) is 4.90 Å². The van der Waals surface area contributed by atoms with Crippen molar-refractivity contribution >= 4 is 21.7 Å². The monoisotopic (exact) mass is 485 g/mol. The van der Waals surface area contributed by atoms with Gasteiger partial charge in [-0.3, -0.25) is 4.90 Å². The minimum atomic E-state index is -3.68. The molecule has 11 heteroatoms. The summed E-state index contributed by atoms with van der Waals surface area (Å²) in [5.74, 6) is 1.30. The molecule has 0 radical (unpaired) electrons. The third-order valence-electron chi connectivity index (χ3n) is 5.69. The summed E-state index contributed by atoms with van der Waals surface area (Å²) in [5, 5.41) is 3.14. The molecule has 2 aromatic heterocycles. The Morgan fingerprint density at radius 2 is 1.79 bits per heavy atom. The van der Waals surface area contributed by atoms with Gasteiger partial charge in [-0.2, -0.15) is 0 Å². The van der Waals surface area contributed by atoms with Crippen LogP contribution in [0.4, 0.5) is 11.6 Å². The van der Waals surface area contributed by atoms with Gasteiger partial charge in [0, 0.05) is 44.1 Å². The van der Waals surface area contributed by atoms with Crippen molar-refractivity contribution in [2.45, 2.75) is 31.2 Å². The summed E-state index contributed by atoms with van der Waals surface area (Å²) in [6.45, 7) is 9.27. The molecule has 1 aliphatic rings.